The van der Waals surface area contributed by atoms with Crippen molar-refractivity contribution in [3.63, 3.8) is 0 Å². The quantitative estimate of drug-likeness (QED) is 0.912. The predicted molar refractivity (Wildman–Crippen MR) is 81.7 cm³/mol. The average molecular weight is 304 g/mol. The van der Waals surface area contributed by atoms with Gasteiger partial charge in [0, 0.05) is 4.88 Å². The summed E-state index contributed by atoms with van der Waals surface area (Å²) in [4.78, 5) is 13.4. The van der Waals surface area contributed by atoms with Gasteiger partial charge in [0.2, 0.25) is 5.91 Å². The number of carbonyl (C=O) groups excluding carboxylic acids is 1. The molecule has 2 unspecified atom stereocenters. The molecule has 3 rings (SSSR count). The molecule has 0 saturated carbocycles. The van der Waals surface area contributed by atoms with E-state index in [4.69, 9.17) is 0 Å². The first-order chi connectivity index (χ1) is 10.2. The highest BCUT2D eigenvalue weighted by Crippen LogP contribution is 2.26. The normalized spacial score (nSPS) is 19.4. The largest absolute Gasteiger partial charge is 0.343 e. The van der Waals surface area contributed by atoms with Gasteiger partial charge in [-0.25, -0.2) is 4.39 Å². The van der Waals surface area contributed by atoms with Crippen LogP contribution in [0.15, 0.2) is 41.8 Å². The van der Waals surface area contributed by atoms with Crippen LogP contribution in [0, 0.1) is 5.82 Å². The second kappa shape index (κ2) is 6.37. The first-order valence-corrected chi connectivity index (χ1v) is 7.94. The third kappa shape index (κ3) is 3.31. The van der Waals surface area contributed by atoms with E-state index in [9.17, 15) is 9.18 Å². The fourth-order valence-electron chi connectivity index (χ4n) is 2.58. The van der Waals surface area contributed by atoms with Crippen molar-refractivity contribution in [3.05, 3.63) is 58.0 Å². The van der Waals surface area contributed by atoms with Crippen molar-refractivity contribution in [1.29, 1.82) is 0 Å². The maximum atomic E-state index is 13.1. The van der Waals surface area contributed by atoms with Gasteiger partial charge in [0.05, 0.1) is 12.1 Å². The van der Waals surface area contributed by atoms with E-state index < -0.39 is 0 Å². The average Bonchev–Trinajstić information content (AvgIpc) is 3.19. The van der Waals surface area contributed by atoms with Gasteiger partial charge in [-0.1, -0.05) is 18.2 Å². The first kappa shape index (κ1) is 14.2. The number of hydrogen-bond donors (Lipinski definition) is 2. The molecule has 0 bridgehead atoms. The van der Waals surface area contributed by atoms with Crippen molar-refractivity contribution in [1.82, 2.24) is 10.6 Å². The van der Waals surface area contributed by atoms with Gasteiger partial charge >= 0.3 is 0 Å². The van der Waals surface area contributed by atoms with E-state index in [-0.39, 0.29) is 23.8 Å². The molecule has 1 aromatic heterocycles. The summed E-state index contributed by atoms with van der Waals surface area (Å²) < 4.78 is 13.1. The predicted octanol–water partition coefficient (Wildman–Crippen LogP) is 2.84. The molecule has 1 saturated heterocycles. The van der Waals surface area contributed by atoms with Crippen molar-refractivity contribution in [2.75, 3.05) is 6.54 Å². The third-order valence-corrected chi connectivity index (χ3v) is 4.63. The van der Waals surface area contributed by atoms with Crippen molar-refractivity contribution in [3.8, 4) is 0 Å². The molecule has 3 nitrogen and oxygen atoms in total. The van der Waals surface area contributed by atoms with Crippen molar-refractivity contribution >= 4 is 17.2 Å². The summed E-state index contributed by atoms with van der Waals surface area (Å²) in [6.07, 6.45) is 1.89. The zero-order chi connectivity index (χ0) is 14.7. The molecule has 1 aliphatic heterocycles. The van der Waals surface area contributed by atoms with Crippen LogP contribution in [-0.4, -0.2) is 18.5 Å². The Morgan fingerprint density at radius 1 is 1.33 bits per heavy atom. The molecule has 2 atom stereocenters. The van der Waals surface area contributed by atoms with Crippen LogP contribution < -0.4 is 10.6 Å². The lowest BCUT2D eigenvalue weighted by Crippen LogP contribution is -2.42. The van der Waals surface area contributed by atoms with Crippen molar-refractivity contribution in [2.24, 2.45) is 0 Å². The summed E-state index contributed by atoms with van der Waals surface area (Å²) in [6.45, 7) is 0.887. The summed E-state index contributed by atoms with van der Waals surface area (Å²) >= 11 is 1.59. The highest BCUT2D eigenvalue weighted by atomic mass is 32.1. The van der Waals surface area contributed by atoms with Gasteiger partial charge in [0.25, 0.3) is 0 Å². The highest BCUT2D eigenvalue weighted by molar-refractivity contribution is 7.10. The molecule has 1 aliphatic rings. The zero-order valence-corrected chi connectivity index (χ0v) is 12.3. The van der Waals surface area contributed by atoms with Gasteiger partial charge in [0.1, 0.15) is 5.82 Å². The molecule has 1 aromatic carbocycles. The third-order valence-electron chi connectivity index (χ3n) is 3.69. The van der Waals surface area contributed by atoms with Crippen LogP contribution in [0.25, 0.3) is 0 Å². The Bertz CT molecular complexity index is 591. The zero-order valence-electron chi connectivity index (χ0n) is 11.5. The molecule has 2 N–H and O–H groups in total. The van der Waals surface area contributed by atoms with Crippen LogP contribution in [0.5, 0.6) is 0 Å². The Morgan fingerprint density at radius 2 is 2.14 bits per heavy atom. The Kier molecular flexibility index (Phi) is 4.31. The lowest BCUT2D eigenvalue weighted by atomic mass is 10.0. The summed E-state index contributed by atoms with van der Waals surface area (Å²) in [6, 6.07) is 9.90. The fraction of sp³-hybridized carbons (Fsp3) is 0.312. The Labute approximate surface area is 127 Å². The van der Waals surface area contributed by atoms with E-state index >= 15 is 0 Å². The van der Waals surface area contributed by atoms with E-state index in [0.717, 1.165) is 29.8 Å². The number of thiophene rings is 1. The van der Waals surface area contributed by atoms with Crippen LogP contribution in [0.3, 0.4) is 0 Å². The molecule has 0 aliphatic carbocycles. The number of carbonyl (C=O) groups is 1. The van der Waals surface area contributed by atoms with E-state index in [1.54, 1.807) is 23.5 Å². The van der Waals surface area contributed by atoms with E-state index in [1.165, 1.54) is 12.1 Å². The summed E-state index contributed by atoms with van der Waals surface area (Å²) in [7, 11) is 0. The molecule has 5 heteroatoms. The summed E-state index contributed by atoms with van der Waals surface area (Å²) in [5.74, 6) is -0.261. The minimum absolute atomic E-state index is 0.00947. The number of rotatable bonds is 4. The second-order valence-corrected chi connectivity index (χ2v) is 6.14. The number of halogens is 1. The van der Waals surface area contributed by atoms with Crippen LogP contribution in [0.2, 0.25) is 0 Å². The Hall–Kier alpha value is -1.72. The van der Waals surface area contributed by atoms with Crippen molar-refractivity contribution < 1.29 is 9.18 Å². The first-order valence-electron chi connectivity index (χ1n) is 7.06. The van der Waals surface area contributed by atoms with Crippen LogP contribution in [0.1, 0.15) is 29.3 Å². The molecule has 2 heterocycles. The second-order valence-electron chi connectivity index (χ2n) is 5.16. The molecular formula is C16H17FN2OS. The van der Waals surface area contributed by atoms with Gasteiger partial charge in [-0.15, -0.1) is 11.3 Å². The van der Waals surface area contributed by atoms with Crippen LogP contribution in [0.4, 0.5) is 4.39 Å². The van der Waals surface area contributed by atoms with Gasteiger partial charge in [-0.05, 0) is 48.5 Å². The number of hydrogen-bond acceptors (Lipinski definition) is 3. The Balaban J connectivity index is 1.82. The van der Waals surface area contributed by atoms with Gasteiger partial charge in [-0.3, -0.25) is 4.79 Å². The number of nitrogens with one attached hydrogen (secondary N) is 2. The van der Waals surface area contributed by atoms with E-state index in [0.29, 0.717) is 0 Å². The SMILES string of the molecule is O=C(NC(c1ccc(F)cc1)c1cccs1)C1CCCN1. The van der Waals surface area contributed by atoms with Crippen LogP contribution >= 0.6 is 11.3 Å². The van der Waals surface area contributed by atoms with Crippen molar-refractivity contribution in [2.45, 2.75) is 24.9 Å². The smallest absolute Gasteiger partial charge is 0.237 e. The van der Waals surface area contributed by atoms with Gasteiger partial charge in [-0.2, -0.15) is 0 Å². The molecule has 2 aromatic rings. The monoisotopic (exact) mass is 304 g/mol. The van der Waals surface area contributed by atoms with Crippen LogP contribution in [-0.2, 0) is 4.79 Å². The molecule has 0 radical (unpaired) electrons. The van der Waals surface area contributed by atoms with Gasteiger partial charge < -0.3 is 10.6 Å². The lowest BCUT2D eigenvalue weighted by Gasteiger charge is -2.20. The summed E-state index contributed by atoms with van der Waals surface area (Å²) in [5, 5.41) is 8.26. The maximum absolute atomic E-state index is 13.1. The molecule has 1 amide bonds. The molecular weight excluding hydrogens is 287 g/mol. The minimum atomic E-state index is -0.271. The fourth-order valence-corrected chi connectivity index (χ4v) is 3.38. The summed E-state index contributed by atoms with van der Waals surface area (Å²) in [5.41, 5.74) is 0.894. The minimum Gasteiger partial charge on any atom is -0.343 e. The standard InChI is InChI=1S/C16H17FN2OS/c17-12-7-5-11(6-8-12)15(14-4-2-10-21-14)19-16(20)13-3-1-9-18-13/h2,4-8,10,13,15,18H,1,3,9H2,(H,19,20). The number of benzene rings is 1. The van der Waals surface area contributed by atoms with E-state index in [1.807, 2.05) is 17.5 Å². The Morgan fingerprint density at radius 3 is 2.76 bits per heavy atom. The van der Waals surface area contributed by atoms with E-state index in [2.05, 4.69) is 10.6 Å². The topological polar surface area (TPSA) is 41.1 Å². The molecule has 0 spiro atoms. The number of amides is 1. The molecule has 21 heavy (non-hydrogen) atoms. The highest BCUT2D eigenvalue weighted by Gasteiger charge is 2.25. The maximum Gasteiger partial charge on any atom is 0.237 e. The molecule has 110 valence electrons. The lowest BCUT2D eigenvalue weighted by molar-refractivity contribution is -0.123. The molecule has 1 fully saturated rings. The van der Waals surface area contributed by atoms with Gasteiger partial charge in [0.15, 0.2) is 0 Å².